The Kier molecular flexibility index (Phi) is 32.0. The van der Waals surface area contributed by atoms with E-state index in [-0.39, 0.29) is 80.0 Å². The molecule has 0 aliphatic rings. The van der Waals surface area contributed by atoms with Crippen molar-refractivity contribution in [1.29, 1.82) is 0 Å². The first-order valence-corrected chi connectivity index (χ1v) is 29.9. The van der Waals surface area contributed by atoms with Crippen LogP contribution in [0.25, 0.3) is 0 Å². The quantitative estimate of drug-likeness (QED) is 0.0170. The zero-order chi connectivity index (χ0) is 62.2. The average Bonchev–Trinajstić information content (AvgIpc) is 3.69. The Morgan fingerprint density at radius 3 is 1.41 bits per heavy atom. The number of nitrogens with two attached hydrogens (primary N) is 3. The molecule has 2 unspecified atom stereocenters. The highest BCUT2D eigenvalue weighted by Gasteiger charge is 2.31. The average molecular weight is 1230 g/mol. The predicted molar refractivity (Wildman–Crippen MR) is 330 cm³/mol. The minimum absolute atomic E-state index is 0.0276. The summed E-state index contributed by atoms with van der Waals surface area (Å²) in [6.45, 7) is 9.92. The predicted octanol–water partition coefficient (Wildman–Crippen LogP) is 4.22. The van der Waals surface area contributed by atoms with E-state index in [1.165, 1.54) is 11.1 Å². The maximum Gasteiger partial charge on any atom is 0.274 e. The molecule has 1 heterocycles. The van der Waals surface area contributed by atoms with Crippen LogP contribution in [0, 0.1) is 0 Å². The number of nitrogens with zero attached hydrogens (tertiary/aromatic N) is 4. The van der Waals surface area contributed by atoms with Crippen LogP contribution in [0.4, 0.5) is 17.3 Å². The summed E-state index contributed by atoms with van der Waals surface area (Å²) in [4.78, 5) is 58.3. The summed E-state index contributed by atoms with van der Waals surface area (Å²) in [6.07, 6.45) is 3.63. The van der Waals surface area contributed by atoms with E-state index in [4.69, 9.17) is 68.8 Å². The number of hydrogen-bond acceptors (Lipinski definition) is 17. The second-order valence-corrected chi connectivity index (χ2v) is 22.6. The lowest BCUT2D eigenvalue weighted by molar-refractivity contribution is -0.914. The molecule has 0 aliphatic carbocycles. The summed E-state index contributed by atoms with van der Waals surface area (Å²) in [5.41, 5.74) is 20.6. The number of anilines is 3. The van der Waals surface area contributed by atoms with Crippen LogP contribution in [0.15, 0.2) is 66.7 Å². The minimum atomic E-state index is -1.98. The van der Waals surface area contributed by atoms with Crippen molar-refractivity contribution in [2.24, 2.45) is 0 Å². The van der Waals surface area contributed by atoms with E-state index in [1.54, 1.807) is 18.2 Å². The van der Waals surface area contributed by atoms with Crippen molar-refractivity contribution in [2.75, 3.05) is 151 Å². The van der Waals surface area contributed by atoms with Gasteiger partial charge in [-0.3, -0.25) is 19.2 Å². The van der Waals surface area contributed by atoms with Crippen LogP contribution in [0.1, 0.15) is 84.3 Å². The zero-order valence-corrected chi connectivity index (χ0v) is 51.9. The van der Waals surface area contributed by atoms with Crippen molar-refractivity contribution in [1.82, 2.24) is 31.2 Å². The van der Waals surface area contributed by atoms with E-state index < -0.39 is 29.9 Å². The fraction of sp³-hybridized carbons (Fsp3) is 0.567. The molecule has 0 saturated carbocycles. The number of carbonyl (C=O) groups excluding carboxylic acids is 4. The largest absolute Gasteiger partial charge is 0.491 e. The van der Waals surface area contributed by atoms with E-state index in [0.717, 1.165) is 80.4 Å². The molecule has 25 heteroatoms. The van der Waals surface area contributed by atoms with Crippen molar-refractivity contribution in [2.45, 2.75) is 89.5 Å². The highest BCUT2D eigenvalue weighted by atomic mass is 35.5. The SMILES string of the molecule is CCC[C@@H](CNC(=O)c1ccc(N)c(Cl)c1)[N+](C)(C)CCCc1ccc(OCCOCCOCCNC(=O)C(O)C(O)C(=O)NCCOCCOCCOc2ccc(CCC[N+](C)(C)[C@@H](CCC)CNC(=O)c3nc(Cl)c(N)nc3N)cc2)cc1. The molecule has 4 atom stereocenters. The lowest BCUT2D eigenvalue weighted by atomic mass is 10.1. The molecule has 4 rings (SSSR count). The number of amides is 4. The second-order valence-electron chi connectivity index (χ2n) is 21.8. The number of aliphatic hydroxyl groups excluding tert-OH is 2. The van der Waals surface area contributed by atoms with Gasteiger partial charge in [-0.1, -0.05) is 74.2 Å². The van der Waals surface area contributed by atoms with Crippen molar-refractivity contribution in [3.05, 3.63) is 99.3 Å². The van der Waals surface area contributed by atoms with E-state index in [1.807, 2.05) is 36.4 Å². The summed E-state index contributed by atoms with van der Waals surface area (Å²) < 4.78 is 35.3. The number of nitrogens with one attached hydrogen (secondary N) is 4. The van der Waals surface area contributed by atoms with Crippen molar-refractivity contribution in [3.63, 3.8) is 0 Å². The highest BCUT2D eigenvalue weighted by Crippen LogP contribution is 2.23. The highest BCUT2D eigenvalue weighted by molar-refractivity contribution is 6.33. The third-order valence-corrected chi connectivity index (χ3v) is 15.1. The first-order valence-electron chi connectivity index (χ1n) is 29.2. The molecular formula is C60H93Cl2N11O12+2. The number of aliphatic hydroxyl groups is 2. The van der Waals surface area contributed by atoms with Gasteiger partial charge in [-0.15, -0.1) is 0 Å². The van der Waals surface area contributed by atoms with Crippen LogP contribution in [0.2, 0.25) is 10.2 Å². The minimum Gasteiger partial charge on any atom is -0.491 e. The topological polar surface area (TPSA) is 316 Å². The van der Waals surface area contributed by atoms with Gasteiger partial charge in [-0.2, -0.15) is 0 Å². The van der Waals surface area contributed by atoms with E-state index >= 15 is 0 Å². The molecule has 0 aliphatic heterocycles. The van der Waals surface area contributed by atoms with Gasteiger partial charge in [-0.05, 0) is 66.4 Å². The van der Waals surface area contributed by atoms with E-state index in [0.29, 0.717) is 73.5 Å². The number of rotatable bonds is 43. The molecule has 472 valence electrons. The normalized spacial score (nSPS) is 13.1. The molecule has 1 aromatic heterocycles. The van der Waals surface area contributed by atoms with Gasteiger partial charge in [0.2, 0.25) is 0 Å². The van der Waals surface area contributed by atoms with Crippen LogP contribution in [-0.2, 0) is 41.4 Å². The van der Waals surface area contributed by atoms with Gasteiger partial charge in [0.15, 0.2) is 34.7 Å². The van der Waals surface area contributed by atoms with Gasteiger partial charge in [-0.25, -0.2) is 9.97 Å². The third-order valence-electron chi connectivity index (χ3n) is 14.5. The van der Waals surface area contributed by atoms with Crippen molar-refractivity contribution >= 4 is 64.2 Å². The van der Waals surface area contributed by atoms with Crippen molar-refractivity contribution < 1.29 is 66.8 Å². The van der Waals surface area contributed by atoms with Gasteiger partial charge >= 0.3 is 0 Å². The van der Waals surface area contributed by atoms with Crippen LogP contribution in [-0.4, -0.2) is 211 Å². The van der Waals surface area contributed by atoms with Crippen LogP contribution >= 0.6 is 23.2 Å². The van der Waals surface area contributed by atoms with E-state index in [9.17, 15) is 29.4 Å². The molecule has 0 bridgehead atoms. The number of benzene rings is 3. The maximum absolute atomic E-state index is 12.9. The van der Waals surface area contributed by atoms with Crippen molar-refractivity contribution in [3.8, 4) is 11.5 Å². The Balaban J connectivity index is 0.946. The molecule has 0 radical (unpaired) electrons. The number of aryl methyl sites for hydroxylation is 2. The third kappa shape index (κ3) is 26.2. The molecule has 4 amide bonds. The fourth-order valence-corrected chi connectivity index (χ4v) is 9.58. The van der Waals surface area contributed by atoms with Gasteiger partial charge < -0.3 is 86.1 Å². The number of likely N-dealkylation sites (N-methyl/N-ethyl adjacent to an activating group) is 2. The smallest absolute Gasteiger partial charge is 0.274 e. The lowest BCUT2D eigenvalue weighted by Gasteiger charge is -2.38. The number of ether oxygens (including phenoxy) is 6. The Labute approximate surface area is 511 Å². The molecule has 23 nitrogen and oxygen atoms in total. The number of nitrogen functional groups attached to an aromatic ring is 3. The summed E-state index contributed by atoms with van der Waals surface area (Å²) >= 11 is 12.1. The first-order chi connectivity index (χ1) is 40.6. The number of halogens is 2. The Morgan fingerprint density at radius 1 is 0.553 bits per heavy atom. The molecule has 0 saturated heterocycles. The fourth-order valence-electron chi connectivity index (χ4n) is 9.27. The molecule has 4 aromatic rings. The summed E-state index contributed by atoms with van der Waals surface area (Å²) in [5.74, 6) is -1.08. The Morgan fingerprint density at radius 2 is 0.976 bits per heavy atom. The number of quaternary nitrogens is 2. The first kappa shape index (κ1) is 71.4. The lowest BCUT2D eigenvalue weighted by Crippen LogP contribution is -2.54. The molecule has 3 aromatic carbocycles. The Bertz CT molecular complexity index is 2640. The van der Waals surface area contributed by atoms with E-state index in [2.05, 4.69) is 85.4 Å². The zero-order valence-electron chi connectivity index (χ0n) is 50.4. The maximum atomic E-state index is 12.9. The standard InChI is InChI=1S/C60H91Cl2N11O12/c1-7-11-45(40-68-57(76)44-19-24-50(63)49(61)39-44)72(3,4)27-9-13-42-15-20-47(21-16-42)84-37-35-82-33-31-80-29-25-66-59(78)52(74)53(75)60(79)67-26-30-81-32-34-83-36-38-85-48-22-17-43(18-23-48)14-10-28-73(5,6)46(12-8-2)41-69-58(77)51-55(64)71-56(65)54(62)70-51/h15-24,39,45-46,52-53,74-75H,7-14,25-38,40-41H2,1-6H3,(H8-2,63,64,65,66,67,68,69,71,76,77,78,79)/p+2/t45-,46-,52?,53?/m0/s1. The molecule has 12 N–H and O–H groups in total. The van der Waals surface area contributed by atoms with Gasteiger partial charge in [0.05, 0.1) is 118 Å². The molecule has 0 spiro atoms. The van der Waals surface area contributed by atoms with Crippen LogP contribution in [0.5, 0.6) is 11.5 Å². The Hall–Kier alpha value is -6.12. The number of aromatic nitrogens is 2. The summed E-state index contributed by atoms with van der Waals surface area (Å²) in [6, 6.07) is 21.3. The summed E-state index contributed by atoms with van der Waals surface area (Å²) in [7, 11) is 8.76. The summed E-state index contributed by atoms with van der Waals surface area (Å²) in [5, 5.41) is 31.7. The van der Waals surface area contributed by atoms with Gasteiger partial charge in [0, 0.05) is 44.3 Å². The van der Waals surface area contributed by atoms with Gasteiger partial charge in [0.1, 0.15) is 36.8 Å². The second kappa shape index (κ2) is 38.1. The molecular weight excluding hydrogens is 1140 g/mol. The molecule has 0 fully saturated rings. The molecule has 85 heavy (non-hydrogen) atoms. The van der Waals surface area contributed by atoms with Gasteiger partial charge in [0.25, 0.3) is 23.6 Å². The monoisotopic (exact) mass is 1230 g/mol. The number of hydrogen-bond donors (Lipinski definition) is 9. The van der Waals surface area contributed by atoms with Crippen LogP contribution < -0.4 is 47.9 Å². The van der Waals surface area contributed by atoms with Crippen LogP contribution in [0.3, 0.4) is 0 Å². The number of carbonyl (C=O) groups is 4.